The SMILES string of the molecule is Cl.NC[C@H]1CC[C@@H](C(=O)Nc2cccc(-c3ncn[nH]3)c2)O1. The number of nitrogens with one attached hydrogen (secondary N) is 2. The lowest BCUT2D eigenvalue weighted by Crippen LogP contribution is -2.29. The molecule has 0 spiro atoms. The molecule has 0 unspecified atom stereocenters. The molecule has 118 valence electrons. The van der Waals surface area contributed by atoms with Gasteiger partial charge in [-0.05, 0) is 25.0 Å². The van der Waals surface area contributed by atoms with Crippen molar-refractivity contribution in [1.29, 1.82) is 0 Å². The van der Waals surface area contributed by atoms with Crippen molar-refractivity contribution < 1.29 is 9.53 Å². The van der Waals surface area contributed by atoms with Gasteiger partial charge in [0.05, 0.1) is 6.10 Å². The van der Waals surface area contributed by atoms with Crippen LogP contribution in [0.3, 0.4) is 0 Å². The molecule has 1 aromatic heterocycles. The number of nitrogens with zero attached hydrogens (tertiary/aromatic N) is 2. The van der Waals surface area contributed by atoms with E-state index in [1.807, 2.05) is 24.3 Å². The zero-order valence-corrected chi connectivity index (χ0v) is 12.7. The van der Waals surface area contributed by atoms with Crippen molar-refractivity contribution in [2.45, 2.75) is 25.0 Å². The average Bonchev–Trinajstić information content (AvgIpc) is 3.19. The first-order chi connectivity index (χ1) is 10.3. The molecule has 0 aliphatic carbocycles. The van der Waals surface area contributed by atoms with Crippen molar-refractivity contribution in [3.05, 3.63) is 30.6 Å². The van der Waals surface area contributed by atoms with Crippen LogP contribution in [-0.2, 0) is 9.53 Å². The molecule has 8 heteroatoms. The molecule has 0 bridgehead atoms. The van der Waals surface area contributed by atoms with Crippen molar-refractivity contribution in [3.8, 4) is 11.4 Å². The number of aromatic amines is 1. The van der Waals surface area contributed by atoms with E-state index in [2.05, 4.69) is 20.5 Å². The third kappa shape index (κ3) is 3.62. The van der Waals surface area contributed by atoms with Crippen LogP contribution in [0.1, 0.15) is 12.8 Å². The van der Waals surface area contributed by atoms with E-state index in [4.69, 9.17) is 10.5 Å². The maximum absolute atomic E-state index is 12.2. The van der Waals surface area contributed by atoms with Crippen LogP contribution in [0, 0.1) is 0 Å². The Balaban J connectivity index is 0.00000176. The van der Waals surface area contributed by atoms with Crippen molar-refractivity contribution in [3.63, 3.8) is 0 Å². The Bertz CT molecular complexity index is 619. The van der Waals surface area contributed by atoms with Gasteiger partial charge in [0.1, 0.15) is 12.4 Å². The summed E-state index contributed by atoms with van der Waals surface area (Å²) >= 11 is 0. The number of H-pyrrole nitrogens is 1. The molecule has 1 aliphatic heterocycles. The van der Waals surface area contributed by atoms with Crippen LogP contribution >= 0.6 is 12.4 Å². The van der Waals surface area contributed by atoms with Crippen molar-refractivity contribution in [2.75, 3.05) is 11.9 Å². The number of anilines is 1. The zero-order chi connectivity index (χ0) is 14.7. The van der Waals surface area contributed by atoms with Gasteiger partial charge in [0, 0.05) is 17.8 Å². The molecule has 4 N–H and O–H groups in total. The lowest BCUT2D eigenvalue weighted by atomic mass is 10.1. The molecular weight excluding hydrogens is 306 g/mol. The molecule has 1 saturated heterocycles. The molecule has 0 radical (unpaired) electrons. The van der Waals surface area contributed by atoms with E-state index >= 15 is 0 Å². The zero-order valence-electron chi connectivity index (χ0n) is 11.9. The minimum Gasteiger partial charge on any atom is -0.364 e. The van der Waals surface area contributed by atoms with E-state index in [0.717, 1.165) is 12.0 Å². The number of rotatable bonds is 4. The number of hydrogen-bond donors (Lipinski definition) is 3. The highest BCUT2D eigenvalue weighted by atomic mass is 35.5. The van der Waals surface area contributed by atoms with Crippen molar-refractivity contribution in [1.82, 2.24) is 15.2 Å². The number of hydrogen-bond acceptors (Lipinski definition) is 5. The highest BCUT2D eigenvalue weighted by Crippen LogP contribution is 2.22. The van der Waals surface area contributed by atoms with Crippen LogP contribution in [0.5, 0.6) is 0 Å². The Labute approximate surface area is 134 Å². The quantitative estimate of drug-likeness (QED) is 0.787. The fourth-order valence-corrected chi connectivity index (χ4v) is 2.38. The molecule has 1 amide bonds. The van der Waals surface area contributed by atoms with Crippen LogP contribution in [-0.4, -0.2) is 39.8 Å². The maximum Gasteiger partial charge on any atom is 0.253 e. The van der Waals surface area contributed by atoms with Crippen LogP contribution in [0.4, 0.5) is 5.69 Å². The fourth-order valence-electron chi connectivity index (χ4n) is 2.38. The summed E-state index contributed by atoms with van der Waals surface area (Å²) in [6, 6.07) is 7.42. The van der Waals surface area contributed by atoms with Crippen molar-refractivity contribution in [2.24, 2.45) is 5.73 Å². The first kappa shape index (κ1) is 16.4. The van der Waals surface area contributed by atoms with E-state index in [0.29, 0.717) is 24.5 Å². The summed E-state index contributed by atoms with van der Waals surface area (Å²) in [5, 5.41) is 9.47. The standard InChI is InChI=1S/C14H17N5O2.ClH/c15-7-11-4-5-12(21-11)14(20)18-10-3-1-2-9(6-10)13-16-8-17-19-13;/h1-3,6,8,11-12H,4-5,7,15H2,(H,18,20)(H,16,17,19);1H/t11-,12+;/m1./s1. The Kier molecular flexibility index (Phi) is 5.48. The first-order valence-electron chi connectivity index (χ1n) is 6.88. The molecule has 1 aromatic carbocycles. The number of amides is 1. The number of nitrogens with two attached hydrogens (primary N) is 1. The monoisotopic (exact) mass is 323 g/mol. The van der Waals surface area contributed by atoms with Gasteiger partial charge in [0.15, 0.2) is 5.82 Å². The largest absolute Gasteiger partial charge is 0.364 e. The van der Waals surface area contributed by atoms with Gasteiger partial charge < -0.3 is 15.8 Å². The highest BCUT2D eigenvalue weighted by Gasteiger charge is 2.29. The number of halogens is 1. The second-order valence-corrected chi connectivity index (χ2v) is 4.96. The summed E-state index contributed by atoms with van der Waals surface area (Å²) in [7, 11) is 0. The lowest BCUT2D eigenvalue weighted by molar-refractivity contribution is -0.126. The Morgan fingerprint density at radius 3 is 3.00 bits per heavy atom. The second-order valence-electron chi connectivity index (χ2n) is 4.96. The van der Waals surface area contributed by atoms with Gasteiger partial charge in [-0.15, -0.1) is 12.4 Å². The smallest absolute Gasteiger partial charge is 0.253 e. The predicted molar refractivity (Wildman–Crippen MR) is 84.6 cm³/mol. The van der Waals surface area contributed by atoms with Gasteiger partial charge in [0.25, 0.3) is 5.91 Å². The van der Waals surface area contributed by atoms with Gasteiger partial charge in [0.2, 0.25) is 0 Å². The molecule has 1 aliphatic rings. The maximum atomic E-state index is 12.2. The van der Waals surface area contributed by atoms with Gasteiger partial charge in [-0.25, -0.2) is 4.98 Å². The third-order valence-corrected chi connectivity index (χ3v) is 3.48. The van der Waals surface area contributed by atoms with Crippen molar-refractivity contribution >= 4 is 24.0 Å². The summed E-state index contributed by atoms with van der Waals surface area (Å²) in [6.07, 6.45) is 2.54. The highest BCUT2D eigenvalue weighted by molar-refractivity contribution is 5.94. The summed E-state index contributed by atoms with van der Waals surface area (Å²) < 4.78 is 5.58. The van der Waals surface area contributed by atoms with Gasteiger partial charge in [-0.3, -0.25) is 9.89 Å². The summed E-state index contributed by atoms with van der Waals surface area (Å²) in [5.41, 5.74) is 7.11. The fraction of sp³-hybridized carbons (Fsp3) is 0.357. The predicted octanol–water partition coefficient (Wildman–Crippen LogP) is 1.34. The molecule has 7 nitrogen and oxygen atoms in total. The number of ether oxygens (including phenoxy) is 1. The summed E-state index contributed by atoms with van der Waals surface area (Å²) in [6.45, 7) is 0.449. The average molecular weight is 324 g/mol. The number of benzene rings is 1. The minimum absolute atomic E-state index is 0. The van der Waals surface area contributed by atoms with Crippen LogP contribution in [0.15, 0.2) is 30.6 Å². The topological polar surface area (TPSA) is 106 Å². The number of carbonyl (C=O) groups excluding carboxylic acids is 1. The lowest BCUT2D eigenvalue weighted by Gasteiger charge is -2.13. The summed E-state index contributed by atoms with van der Waals surface area (Å²) in [5.74, 6) is 0.520. The molecule has 2 atom stereocenters. The molecule has 22 heavy (non-hydrogen) atoms. The van der Waals surface area contributed by atoms with E-state index in [1.54, 1.807) is 0 Å². The summed E-state index contributed by atoms with van der Waals surface area (Å²) in [4.78, 5) is 16.2. The van der Waals surface area contributed by atoms with Gasteiger partial charge in [-0.1, -0.05) is 12.1 Å². The minimum atomic E-state index is -0.424. The van der Waals surface area contributed by atoms with Crippen LogP contribution < -0.4 is 11.1 Å². The number of aromatic nitrogens is 3. The van der Waals surface area contributed by atoms with Gasteiger partial charge >= 0.3 is 0 Å². The first-order valence-corrected chi connectivity index (χ1v) is 6.88. The third-order valence-electron chi connectivity index (χ3n) is 3.48. The molecule has 2 heterocycles. The van der Waals surface area contributed by atoms with E-state index in [9.17, 15) is 4.79 Å². The van der Waals surface area contributed by atoms with E-state index in [-0.39, 0.29) is 24.4 Å². The Morgan fingerprint density at radius 1 is 1.45 bits per heavy atom. The van der Waals surface area contributed by atoms with Gasteiger partial charge in [-0.2, -0.15) is 5.10 Å². The Morgan fingerprint density at radius 2 is 2.32 bits per heavy atom. The number of carbonyl (C=O) groups is 1. The molecule has 3 rings (SSSR count). The molecule has 0 saturated carbocycles. The van der Waals surface area contributed by atoms with E-state index < -0.39 is 6.10 Å². The molecule has 2 aromatic rings. The molecular formula is C14H18ClN5O2. The molecule has 1 fully saturated rings. The van der Waals surface area contributed by atoms with Crippen LogP contribution in [0.2, 0.25) is 0 Å². The Hall–Kier alpha value is -1.96. The van der Waals surface area contributed by atoms with Crippen LogP contribution in [0.25, 0.3) is 11.4 Å². The van der Waals surface area contributed by atoms with E-state index in [1.165, 1.54) is 6.33 Å². The second kappa shape index (κ2) is 7.35. The normalized spacial score (nSPS) is 20.4.